The van der Waals surface area contributed by atoms with Crippen LogP contribution in [0.5, 0.6) is 0 Å². The number of fused-ring (bicyclic) bond motifs is 3. The summed E-state index contributed by atoms with van der Waals surface area (Å²) in [5.74, 6) is -1.65. The van der Waals surface area contributed by atoms with Crippen LogP contribution in [0.2, 0.25) is 0 Å². The number of ether oxygens (including phenoxy) is 1. The highest BCUT2D eigenvalue weighted by atomic mass is 16.6. The first kappa shape index (κ1) is 13.8. The van der Waals surface area contributed by atoms with E-state index in [0.29, 0.717) is 0 Å². The molecule has 5 nitrogen and oxygen atoms in total. The molecule has 2 saturated carbocycles. The Morgan fingerprint density at radius 1 is 1.45 bits per heavy atom. The summed E-state index contributed by atoms with van der Waals surface area (Å²) in [5, 5.41) is 20.1. The van der Waals surface area contributed by atoms with Gasteiger partial charge in [0.15, 0.2) is 11.4 Å². The van der Waals surface area contributed by atoms with Crippen LogP contribution in [-0.4, -0.2) is 40.3 Å². The molecule has 1 aliphatic heterocycles. The van der Waals surface area contributed by atoms with Gasteiger partial charge in [0.1, 0.15) is 6.10 Å². The van der Waals surface area contributed by atoms with E-state index in [1.807, 2.05) is 6.92 Å². The summed E-state index contributed by atoms with van der Waals surface area (Å²) in [6.07, 6.45) is 1.19. The van der Waals surface area contributed by atoms with Crippen LogP contribution in [0, 0.1) is 23.7 Å². The van der Waals surface area contributed by atoms with Crippen LogP contribution >= 0.6 is 0 Å². The molecule has 110 valence electrons. The number of carbonyl (C=O) groups is 2. The van der Waals surface area contributed by atoms with Gasteiger partial charge in [0, 0.05) is 18.3 Å². The maximum absolute atomic E-state index is 12.1. The van der Waals surface area contributed by atoms with E-state index in [2.05, 4.69) is 6.58 Å². The Morgan fingerprint density at radius 3 is 2.80 bits per heavy atom. The fourth-order valence-electron chi connectivity index (χ4n) is 4.19. The van der Waals surface area contributed by atoms with E-state index in [0.717, 1.165) is 18.4 Å². The van der Waals surface area contributed by atoms with Gasteiger partial charge in [-0.05, 0) is 18.8 Å². The number of allylic oxidation sites excluding steroid dienone is 1. The normalized spacial score (nSPS) is 47.8. The van der Waals surface area contributed by atoms with Crippen LogP contribution < -0.4 is 0 Å². The maximum Gasteiger partial charge on any atom is 0.309 e. The molecule has 0 spiro atoms. The van der Waals surface area contributed by atoms with Crippen molar-refractivity contribution >= 4 is 11.8 Å². The van der Waals surface area contributed by atoms with Crippen molar-refractivity contribution < 1.29 is 24.5 Å². The van der Waals surface area contributed by atoms with Gasteiger partial charge in [-0.1, -0.05) is 19.1 Å². The largest absolute Gasteiger partial charge is 0.461 e. The molecule has 3 aliphatic rings. The topological polar surface area (TPSA) is 83.8 Å². The summed E-state index contributed by atoms with van der Waals surface area (Å²) in [6, 6.07) is 0. The predicted octanol–water partition coefficient (Wildman–Crippen LogP) is 0.443. The molecule has 5 heteroatoms. The van der Waals surface area contributed by atoms with Crippen molar-refractivity contribution in [2.75, 3.05) is 6.61 Å². The zero-order chi connectivity index (χ0) is 14.7. The lowest BCUT2D eigenvalue weighted by molar-refractivity contribution is -0.158. The summed E-state index contributed by atoms with van der Waals surface area (Å²) in [7, 11) is 0. The minimum Gasteiger partial charge on any atom is -0.461 e. The molecule has 1 heterocycles. The van der Waals surface area contributed by atoms with Crippen molar-refractivity contribution in [3.8, 4) is 0 Å². The van der Waals surface area contributed by atoms with Crippen LogP contribution in [0.3, 0.4) is 0 Å². The lowest BCUT2D eigenvalue weighted by atomic mass is 9.75. The third kappa shape index (κ3) is 1.63. The Hall–Kier alpha value is -1.20. The Balaban J connectivity index is 2.05. The lowest BCUT2D eigenvalue weighted by Gasteiger charge is -2.34. The van der Waals surface area contributed by atoms with E-state index < -0.39 is 24.2 Å². The molecule has 1 saturated heterocycles. The van der Waals surface area contributed by atoms with Gasteiger partial charge in [-0.15, -0.1) is 0 Å². The number of Topliss-reactive ketones (excluding diaryl/α,β-unsaturated/α-hetero) is 1. The summed E-state index contributed by atoms with van der Waals surface area (Å²) in [4.78, 5) is 23.9. The molecule has 3 rings (SSSR count). The molecule has 0 aromatic heterocycles. The van der Waals surface area contributed by atoms with Gasteiger partial charge >= 0.3 is 5.97 Å². The first-order valence-electron chi connectivity index (χ1n) is 7.15. The van der Waals surface area contributed by atoms with Crippen molar-refractivity contribution in [1.82, 2.24) is 0 Å². The van der Waals surface area contributed by atoms with Crippen molar-refractivity contribution in [3.05, 3.63) is 12.2 Å². The zero-order valence-corrected chi connectivity index (χ0v) is 11.5. The highest BCUT2D eigenvalue weighted by Crippen LogP contribution is 2.52. The van der Waals surface area contributed by atoms with Crippen LogP contribution in [0.15, 0.2) is 12.2 Å². The van der Waals surface area contributed by atoms with E-state index in [1.165, 1.54) is 0 Å². The monoisotopic (exact) mass is 280 g/mol. The molecule has 2 aliphatic carbocycles. The van der Waals surface area contributed by atoms with Gasteiger partial charge in [-0.2, -0.15) is 0 Å². The molecule has 3 fully saturated rings. The molecular weight excluding hydrogens is 260 g/mol. The van der Waals surface area contributed by atoms with Gasteiger partial charge in [-0.25, -0.2) is 0 Å². The third-order valence-corrected chi connectivity index (χ3v) is 5.48. The van der Waals surface area contributed by atoms with Gasteiger partial charge in [0.2, 0.25) is 0 Å². The van der Waals surface area contributed by atoms with Crippen LogP contribution in [0.4, 0.5) is 0 Å². The van der Waals surface area contributed by atoms with Gasteiger partial charge in [-0.3, -0.25) is 9.59 Å². The van der Waals surface area contributed by atoms with Crippen molar-refractivity contribution in [3.63, 3.8) is 0 Å². The number of rotatable bonds is 1. The average Bonchev–Trinajstić information content (AvgIpc) is 2.78. The Kier molecular flexibility index (Phi) is 3.03. The average molecular weight is 280 g/mol. The standard InChI is InChI=1S/C15H20O5/c1-7-3-4-9-8(2)14(18)20-13(9)12-10(7)5-11(17)15(12,19)6-16/h8-10,12-13,16,19H,1,3-6H2,2H3. The third-order valence-electron chi connectivity index (χ3n) is 5.48. The number of esters is 1. The van der Waals surface area contributed by atoms with Crippen LogP contribution in [0.25, 0.3) is 0 Å². The fourth-order valence-corrected chi connectivity index (χ4v) is 4.19. The Labute approximate surface area is 117 Å². The minimum absolute atomic E-state index is 0.0155. The van der Waals surface area contributed by atoms with Crippen LogP contribution in [0.1, 0.15) is 26.2 Å². The first-order chi connectivity index (χ1) is 9.40. The lowest BCUT2D eigenvalue weighted by Crippen LogP contribution is -2.50. The van der Waals surface area contributed by atoms with Gasteiger partial charge in [0.05, 0.1) is 12.5 Å². The molecule has 20 heavy (non-hydrogen) atoms. The Morgan fingerprint density at radius 2 is 2.15 bits per heavy atom. The molecule has 0 bridgehead atoms. The van der Waals surface area contributed by atoms with Crippen molar-refractivity contribution in [2.24, 2.45) is 23.7 Å². The maximum atomic E-state index is 12.1. The smallest absolute Gasteiger partial charge is 0.309 e. The summed E-state index contributed by atoms with van der Waals surface area (Å²) in [6.45, 7) is 5.23. The number of carbonyl (C=O) groups excluding carboxylic acids is 2. The number of aliphatic hydroxyl groups is 2. The fraction of sp³-hybridized carbons (Fsp3) is 0.733. The SMILES string of the molecule is C=C1CCC2C(C)C(=O)OC2C2C1CC(=O)C2(O)CO. The molecule has 0 amide bonds. The van der Waals surface area contributed by atoms with Gasteiger partial charge < -0.3 is 14.9 Å². The Bertz CT molecular complexity index is 485. The summed E-state index contributed by atoms with van der Waals surface area (Å²) in [5.41, 5.74) is -0.879. The number of ketones is 1. The van der Waals surface area contributed by atoms with Gasteiger partial charge in [0.25, 0.3) is 0 Å². The quantitative estimate of drug-likeness (QED) is 0.538. The first-order valence-corrected chi connectivity index (χ1v) is 7.15. The van der Waals surface area contributed by atoms with E-state index in [-0.39, 0.29) is 35.9 Å². The zero-order valence-electron chi connectivity index (χ0n) is 11.5. The van der Waals surface area contributed by atoms with E-state index in [9.17, 15) is 19.8 Å². The molecule has 0 aromatic carbocycles. The second kappa shape index (κ2) is 4.40. The summed E-state index contributed by atoms with van der Waals surface area (Å²) >= 11 is 0. The molecule has 0 aromatic rings. The second-order valence-electron chi connectivity index (χ2n) is 6.39. The molecule has 6 unspecified atom stereocenters. The number of aliphatic hydroxyl groups excluding tert-OH is 1. The molecule has 2 N–H and O–H groups in total. The van der Waals surface area contributed by atoms with Crippen molar-refractivity contribution in [1.29, 1.82) is 0 Å². The van der Waals surface area contributed by atoms with E-state index in [4.69, 9.17) is 4.74 Å². The highest BCUT2D eigenvalue weighted by molar-refractivity contribution is 5.91. The van der Waals surface area contributed by atoms with Crippen molar-refractivity contribution in [2.45, 2.75) is 37.9 Å². The molecular formula is C15H20O5. The van der Waals surface area contributed by atoms with Crippen LogP contribution in [-0.2, 0) is 14.3 Å². The second-order valence-corrected chi connectivity index (χ2v) is 6.39. The number of hydrogen-bond donors (Lipinski definition) is 2. The van der Waals surface area contributed by atoms with E-state index in [1.54, 1.807) is 0 Å². The predicted molar refractivity (Wildman–Crippen MR) is 69.5 cm³/mol. The highest BCUT2D eigenvalue weighted by Gasteiger charge is 2.62. The minimum atomic E-state index is -1.80. The van der Waals surface area contributed by atoms with E-state index >= 15 is 0 Å². The number of hydrogen-bond acceptors (Lipinski definition) is 5. The molecule has 0 radical (unpaired) electrons. The molecule has 6 atom stereocenters. The summed E-state index contributed by atoms with van der Waals surface area (Å²) < 4.78 is 5.46.